The van der Waals surface area contributed by atoms with Crippen molar-refractivity contribution in [3.8, 4) is 5.75 Å². The molecule has 13 heteroatoms. The third-order valence-electron chi connectivity index (χ3n) is 4.29. The second kappa shape index (κ2) is 13.2. The number of phenolic OH excluding ortho intramolecular Hbond substituents is 1. The number of benzene rings is 1. The number of carbonyl (C=O) groups excluding carboxylic acids is 4. The summed E-state index contributed by atoms with van der Waals surface area (Å²) in [6, 6.07) is 2.35. The number of hydrogen-bond acceptors (Lipinski definition) is 8. The summed E-state index contributed by atoms with van der Waals surface area (Å²) in [6.45, 7) is -0.490. The number of aliphatic carboxylic acids is 1. The number of hydrogen-bond donors (Lipinski definition) is 8. The molecule has 32 heavy (non-hydrogen) atoms. The smallest absolute Gasteiger partial charge is 0.326 e. The summed E-state index contributed by atoms with van der Waals surface area (Å²) in [7, 11) is 0. The van der Waals surface area contributed by atoms with Crippen molar-refractivity contribution in [3.05, 3.63) is 29.8 Å². The van der Waals surface area contributed by atoms with E-state index < -0.39 is 54.3 Å². The van der Waals surface area contributed by atoms with Crippen molar-refractivity contribution in [2.45, 2.75) is 37.4 Å². The SMILES string of the molecule is NC(=O)CCC(N)C(=O)NCC(=O)NC(CS)C(=O)NC(Cc1ccc(O)cc1)C(=O)O. The van der Waals surface area contributed by atoms with Crippen LogP contribution in [0, 0.1) is 0 Å². The zero-order valence-electron chi connectivity index (χ0n) is 17.1. The van der Waals surface area contributed by atoms with Gasteiger partial charge >= 0.3 is 5.97 Å². The van der Waals surface area contributed by atoms with Crippen LogP contribution in [0.25, 0.3) is 0 Å². The molecule has 0 aliphatic rings. The fourth-order valence-electron chi connectivity index (χ4n) is 2.51. The Labute approximate surface area is 189 Å². The lowest BCUT2D eigenvalue weighted by atomic mass is 10.1. The monoisotopic (exact) mass is 469 g/mol. The first-order valence-corrected chi connectivity index (χ1v) is 10.2. The maximum Gasteiger partial charge on any atom is 0.326 e. The number of carbonyl (C=O) groups is 5. The van der Waals surface area contributed by atoms with Gasteiger partial charge in [-0.25, -0.2) is 4.79 Å². The second-order valence-corrected chi connectivity index (χ2v) is 7.27. The molecule has 1 aromatic rings. The van der Waals surface area contributed by atoms with Crippen molar-refractivity contribution in [1.82, 2.24) is 16.0 Å². The number of rotatable bonds is 13. The number of phenols is 1. The molecule has 0 aromatic heterocycles. The molecule has 0 saturated heterocycles. The fraction of sp³-hybridized carbons (Fsp3) is 0.421. The normalized spacial score (nSPS) is 13.3. The van der Waals surface area contributed by atoms with E-state index in [2.05, 4.69) is 28.6 Å². The summed E-state index contributed by atoms with van der Waals surface area (Å²) in [5, 5.41) is 25.6. The number of nitrogens with one attached hydrogen (secondary N) is 3. The lowest BCUT2D eigenvalue weighted by molar-refractivity contribution is -0.142. The third-order valence-corrected chi connectivity index (χ3v) is 4.65. The van der Waals surface area contributed by atoms with Gasteiger partial charge in [-0.15, -0.1) is 0 Å². The molecule has 0 aliphatic heterocycles. The first kappa shape index (κ1) is 26.7. The number of thiol groups is 1. The van der Waals surface area contributed by atoms with Gasteiger partial charge in [0, 0.05) is 18.6 Å². The van der Waals surface area contributed by atoms with Crippen molar-refractivity contribution in [2.24, 2.45) is 11.5 Å². The molecule has 3 atom stereocenters. The van der Waals surface area contributed by atoms with Gasteiger partial charge in [-0.2, -0.15) is 12.6 Å². The highest BCUT2D eigenvalue weighted by Crippen LogP contribution is 2.11. The van der Waals surface area contributed by atoms with Gasteiger partial charge in [0.1, 0.15) is 17.8 Å². The lowest BCUT2D eigenvalue weighted by Crippen LogP contribution is -2.54. The molecule has 12 nitrogen and oxygen atoms in total. The molecule has 1 rings (SSSR count). The van der Waals surface area contributed by atoms with Crippen molar-refractivity contribution in [3.63, 3.8) is 0 Å². The quantitative estimate of drug-likeness (QED) is 0.146. The summed E-state index contributed by atoms with van der Waals surface area (Å²) in [4.78, 5) is 58.6. The van der Waals surface area contributed by atoms with Crippen LogP contribution in [0.15, 0.2) is 24.3 Å². The van der Waals surface area contributed by atoms with Crippen molar-refractivity contribution < 1.29 is 34.2 Å². The average molecular weight is 470 g/mol. The molecule has 0 radical (unpaired) electrons. The largest absolute Gasteiger partial charge is 0.508 e. The van der Waals surface area contributed by atoms with Crippen molar-refractivity contribution in [1.29, 1.82) is 0 Å². The van der Waals surface area contributed by atoms with Gasteiger partial charge in [0.2, 0.25) is 23.6 Å². The minimum atomic E-state index is -1.28. The number of aromatic hydroxyl groups is 1. The minimum Gasteiger partial charge on any atom is -0.508 e. The number of amides is 4. The van der Waals surface area contributed by atoms with E-state index in [1.807, 2.05) is 0 Å². The van der Waals surface area contributed by atoms with Crippen LogP contribution >= 0.6 is 12.6 Å². The second-order valence-electron chi connectivity index (χ2n) is 6.90. The van der Waals surface area contributed by atoms with E-state index in [1.54, 1.807) is 0 Å². The Kier molecular flexibility index (Phi) is 11.0. The molecule has 9 N–H and O–H groups in total. The molecule has 4 amide bonds. The molecular formula is C19H27N5O7S. The van der Waals surface area contributed by atoms with E-state index in [0.717, 1.165) is 0 Å². The van der Waals surface area contributed by atoms with Crippen molar-refractivity contribution >= 4 is 42.2 Å². The van der Waals surface area contributed by atoms with Gasteiger partial charge < -0.3 is 37.6 Å². The molecule has 1 aromatic carbocycles. The summed E-state index contributed by atoms with van der Waals surface area (Å²) < 4.78 is 0. The summed E-state index contributed by atoms with van der Waals surface area (Å²) in [5.74, 6) is -4.18. The molecule has 0 heterocycles. The average Bonchev–Trinajstić information content (AvgIpc) is 2.74. The molecule has 0 aliphatic carbocycles. The molecule has 0 spiro atoms. The van der Waals surface area contributed by atoms with Crippen LogP contribution in [-0.4, -0.2) is 70.2 Å². The Bertz CT molecular complexity index is 834. The van der Waals surface area contributed by atoms with Crippen LogP contribution < -0.4 is 27.4 Å². The number of nitrogens with two attached hydrogens (primary N) is 2. The molecule has 3 unspecified atom stereocenters. The van der Waals surface area contributed by atoms with E-state index in [1.165, 1.54) is 24.3 Å². The minimum absolute atomic E-state index is 0.0159. The highest BCUT2D eigenvalue weighted by molar-refractivity contribution is 7.80. The fourth-order valence-corrected chi connectivity index (χ4v) is 2.76. The van der Waals surface area contributed by atoms with Gasteiger partial charge in [-0.3, -0.25) is 19.2 Å². The van der Waals surface area contributed by atoms with E-state index in [-0.39, 0.29) is 30.8 Å². The van der Waals surface area contributed by atoms with Gasteiger partial charge in [0.25, 0.3) is 0 Å². The Morgan fingerprint density at radius 2 is 1.62 bits per heavy atom. The molecule has 0 saturated carbocycles. The molecular weight excluding hydrogens is 442 g/mol. The number of carboxylic acids is 1. The predicted molar refractivity (Wildman–Crippen MR) is 117 cm³/mol. The highest BCUT2D eigenvalue weighted by atomic mass is 32.1. The summed E-state index contributed by atoms with van der Waals surface area (Å²) in [6.07, 6.45) is -0.118. The van der Waals surface area contributed by atoms with E-state index >= 15 is 0 Å². The van der Waals surface area contributed by atoms with E-state index in [9.17, 15) is 34.2 Å². The van der Waals surface area contributed by atoms with E-state index in [4.69, 9.17) is 11.5 Å². The van der Waals surface area contributed by atoms with Crippen LogP contribution in [0.5, 0.6) is 5.75 Å². The van der Waals surface area contributed by atoms with Crippen molar-refractivity contribution in [2.75, 3.05) is 12.3 Å². The number of carboxylic acid groups (broad SMARTS) is 1. The van der Waals surface area contributed by atoms with Gasteiger partial charge in [0.05, 0.1) is 12.6 Å². The number of primary amides is 1. The Balaban J connectivity index is 2.59. The maximum absolute atomic E-state index is 12.4. The van der Waals surface area contributed by atoms with Gasteiger partial charge in [0.15, 0.2) is 0 Å². The van der Waals surface area contributed by atoms with Crippen LogP contribution in [-0.2, 0) is 30.4 Å². The molecule has 0 bridgehead atoms. The maximum atomic E-state index is 12.4. The third kappa shape index (κ3) is 9.66. The Morgan fingerprint density at radius 1 is 1.00 bits per heavy atom. The predicted octanol–water partition coefficient (Wildman–Crippen LogP) is -2.37. The Hall–Kier alpha value is -3.32. The molecule has 176 valence electrons. The van der Waals surface area contributed by atoms with Gasteiger partial charge in [-0.05, 0) is 24.1 Å². The zero-order valence-corrected chi connectivity index (χ0v) is 18.0. The molecule has 0 fully saturated rings. The summed E-state index contributed by atoms with van der Waals surface area (Å²) >= 11 is 4.00. The Morgan fingerprint density at radius 3 is 2.16 bits per heavy atom. The first-order chi connectivity index (χ1) is 15.0. The van der Waals surface area contributed by atoms with Crippen LogP contribution in [0.1, 0.15) is 18.4 Å². The lowest BCUT2D eigenvalue weighted by Gasteiger charge is -2.20. The van der Waals surface area contributed by atoms with Crippen LogP contribution in [0.3, 0.4) is 0 Å². The van der Waals surface area contributed by atoms with E-state index in [0.29, 0.717) is 5.56 Å². The van der Waals surface area contributed by atoms with Crippen LogP contribution in [0.4, 0.5) is 0 Å². The first-order valence-electron chi connectivity index (χ1n) is 9.56. The highest BCUT2D eigenvalue weighted by Gasteiger charge is 2.26. The zero-order chi connectivity index (χ0) is 24.3. The standard InChI is InChI=1S/C19H27N5O7S/c20-12(5-6-15(21)26)17(28)22-8-16(27)23-14(9-32)18(29)24-13(19(30)31)7-10-1-3-11(25)4-2-10/h1-4,12-14,25,32H,5-9,20H2,(H2,21,26)(H,22,28)(H,23,27)(H,24,29)(H,30,31). The topological polar surface area (TPSA) is 214 Å². The van der Waals surface area contributed by atoms with Crippen LogP contribution in [0.2, 0.25) is 0 Å². The summed E-state index contributed by atoms with van der Waals surface area (Å²) in [5.41, 5.74) is 11.1. The van der Waals surface area contributed by atoms with Gasteiger partial charge in [-0.1, -0.05) is 12.1 Å².